The number of aromatic nitrogens is 3. The van der Waals surface area contributed by atoms with E-state index in [0.29, 0.717) is 5.92 Å². The van der Waals surface area contributed by atoms with Gasteiger partial charge in [0.1, 0.15) is 11.6 Å². The average molecular weight is 272 g/mol. The highest BCUT2D eigenvalue weighted by atomic mass is 15.3. The van der Waals surface area contributed by atoms with Gasteiger partial charge in [-0.3, -0.25) is 0 Å². The molecule has 1 aromatic heterocycles. The molecule has 1 N–H and O–H groups in total. The summed E-state index contributed by atoms with van der Waals surface area (Å²) in [6, 6.07) is 9.08. The molecule has 1 heterocycles. The lowest BCUT2D eigenvalue weighted by Gasteiger charge is -2.18. The molecule has 0 saturated carbocycles. The minimum absolute atomic E-state index is 0.246. The van der Waals surface area contributed by atoms with Crippen molar-refractivity contribution in [1.29, 1.82) is 0 Å². The Morgan fingerprint density at radius 3 is 2.15 bits per heavy atom. The quantitative estimate of drug-likeness (QED) is 0.910. The lowest BCUT2D eigenvalue weighted by molar-refractivity contribution is 0.458. The molecule has 1 aromatic carbocycles. The number of likely N-dealkylation sites (N-methyl/N-ethyl adjacent to an activating group) is 1. The van der Waals surface area contributed by atoms with Gasteiger partial charge in [-0.05, 0) is 37.9 Å². The SMILES string of the molecule is CNC(Cn1nc(C)nc1C)c1ccc(C(C)C)cc1. The van der Waals surface area contributed by atoms with Crippen LogP contribution in [-0.2, 0) is 6.54 Å². The molecule has 2 aromatic rings. The molecule has 0 aliphatic rings. The number of aryl methyl sites for hydroxylation is 2. The zero-order valence-corrected chi connectivity index (χ0v) is 13.0. The van der Waals surface area contributed by atoms with Gasteiger partial charge >= 0.3 is 0 Å². The standard InChI is InChI=1S/C16H24N4/c1-11(2)14-6-8-15(9-7-14)16(17-5)10-20-13(4)18-12(3)19-20/h6-9,11,16-17H,10H2,1-5H3. The van der Waals surface area contributed by atoms with Crippen molar-refractivity contribution in [1.82, 2.24) is 20.1 Å². The fourth-order valence-electron chi connectivity index (χ4n) is 2.38. The van der Waals surface area contributed by atoms with Gasteiger partial charge in [-0.25, -0.2) is 9.67 Å². The Labute approximate surface area is 121 Å². The van der Waals surface area contributed by atoms with E-state index < -0.39 is 0 Å². The maximum atomic E-state index is 4.43. The highest BCUT2D eigenvalue weighted by molar-refractivity contribution is 5.26. The third-order valence-corrected chi connectivity index (χ3v) is 3.67. The number of hydrogen-bond donors (Lipinski definition) is 1. The van der Waals surface area contributed by atoms with Crippen molar-refractivity contribution < 1.29 is 0 Å². The zero-order valence-electron chi connectivity index (χ0n) is 13.0. The van der Waals surface area contributed by atoms with Gasteiger partial charge in [0.25, 0.3) is 0 Å². The molecule has 20 heavy (non-hydrogen) atoms. The topological polar surface area (TPSA) is 42.7 Å². The van der Waals surface area contributed by atoms with Crippen LogP contribution in [0.3, 0.4) is 0 Å². The normalized spacial score (nSPS) is 12.9. The van der Waals surface area contributed by atoms with E-state index >= 15 is 0 Å². The largest absolute Gasteiger partial charge is 0.311 e. The van der Waals surface area contributed by atoms with E-state index in [1.807, 2.05) is 25.6 Å². The van der Waals surface area contributed by atoms with Crippen molar-refractivity contribution in [2.45, 2.75) is 46.2 Å². The second kappa shape index (κ2) is 6.18. The number of benzene rings is 1. The Kier molecular flexibility index (Phi) is 4.55. The molecular weight excluding hydrogens is 248 g/mol. The van der Waals surface area contributed by atoms with Gasteiger partial charge in [0.2, 0.25) is 0 Å². The zero-order chi connectivity index (χ0) is 14.7. The summed E-state index contributed by atoms with van der Waals surface area (Å²) in [6.07, 6.45) is 0. The average Bonchev–Trinajstić information content (AvgIpc) is 2.74. The molecule has 0 radical (unpaired) electrons. The second-order valence-electron chi connectivity index (χ2n) is 5.55. The summed E-state index contributed by atoms with van der Waals surface area (Å²) in [5.41, 5.74) is 2.65. The van der Waals surface area contributed by atoms with Crippen LogP contribution in [0.15, 0.2) is 24.3 Å². The molecule has 0 amide bonds. The summed E-state index contributed by atoms with van der Waals surface area (Å²) in [7, 11) is 1.99. The van der Waals surface area contributed by atoms with Crippen LogP contribution < -0.4 is 5.32 Å². The second-order valence-corrected chi connectivity index (χ2v) is 5.55. The van der Waals surface area contributed by atoms with Crippen LogP contribution in [0.5, 0.6) is 0 Å². The summed E-state index contributed by atoms with van der Waals surface area (Å²) in [5.74, 6) is 2.35. The number of hydrogen-bond acceptors (Lipinski definition) is 3. The number of rotatable bonds is 5. The van der Waals surface area contributed by atoms with E-state index in [1.54, 1.807) is 0 Å². The minimum Gasteiger partial charge on any atom is -0.311 e. The van der Waals surface area contributed by atoms with Gasteiger partial charge < -0.3 is 5.32 Å². The van der Waals surface area contributed by atoms with Crippen molar-refractivity contribution in [3.63, 3.8) is 0 Å². The molecule has 0 saturated heterocycles. The fraction of sp³-hybridized carbons (Fsp3) is 0.500. The van der Waals surface area contributed by atoms with E-state index in [-0.39, 0.29) is 6.04 Å². The highest BCUT2D eigenvalue weighted by Crippen LogP contribution is 2.20. The van der Waals surface area contributed by atoms with Gasteiger partial charge in [0, 0.05) is 0 Å². The summed E-state index contributed by atoms with van der Waals surface area (Å²) >= 11 is 0. The van der Waals surface area contributed by atoms with E-state index in [2.05, 4.69) is 53.5 Å². The van der Waals surface area contributed by atoms with E-state index in [1.165, 1.54) is 11.1 Å². The Morgan fingerprint density at radius 2 is 1.70 bits per heavy atom. The van der Waals surface area contributed by atoms with Gasteiger partial charge in [-0.15, -0.1) is 0 Å². The maximum Gasteiger partial charge on any atom is 0.147 e. The molecule has 0 aliphatic heterocycles. The number of nitrogens with one attached hydrogen (secondary N) is 1. The molecule has 1 unspecified atom stereocenters. The van der Waals surface area contributed by atoms with Crippen LogP contribution in [0.2, 0.25) is 0 Å². The van der Waals surface area contributed by atoms with E-state index in [0.717, 1.165) is 18.2 Å². The first-order chi connectivity index (χ1) is 9.51. The van der Waals surface area contributed by atoms with Crippen molar-refractivity contribution >= 4 is 0 Å². The summed E-state index contributed by atoms with van der Waals surface area (Å²) < 4.78 is 1.97. The first kappa shape index (κ1) is 14.7. The predicted molar refractivity (Wildman–Crippen MR) is 81.8 cm³/mol. The summed E-state index contributed by atoms with van der Waals surface area (Å²) in [6.45, 7) is 9.15. The fourth-order valence-corrected chi connectivity index (χ4v) is 2.38. The first-order valence-corrected chi connectivity index (χ1v) is 7.16. The van der Waals surface area contributed by atoms with Crippen molar-refractivity contribution in [3.8, 4) is 0 Å². The Morgan fingerprint density at radius 1 is 1.10 bits per heavy atom. The first-order valence-electron chi connectivity index (χ1n) is 7.16. The third-order valence-electron chi connectivity index (χ3n) is 3.67. The minimum atomic E-state index is 0.246. The van der Waals surface area contributed by atoms with E-state index in [9.17, 15) is 0 Å². The third kappa shape index (κ3) is 3.25. The highest BCUT2D eigenvalue weighted by Gasteiger charge is 2.13. The number of nitrogens with zero attached hydrogens (tertiary/aromatic N) is 3. The van der Waals surface area contributed by atoms with Gasteiger partial charge in [0.05, 0.1) is 12.6 Å². The van der Waals surface area contributed by atoms with Crippen LogP contribution >= 0.6 is 0 Å². The van der Waals surface area contributed by atoms with Crippen molar-refractivity contribution in [3.05, 3.63) is 47.0 Å². The molecular formula is C16H24N4. The van der Waals surface area contributed by atoms with Crippen LogP contribution in [-0.4, -0.2) is 21.8 Å². The summed E-state index contributed by atoms with van der Waals surface area (Å²) in [4.78, 5) is 4.35. The van der Waals surface area contributed by atoms with Crippen LogP contribution in [0, 0.1) is 13.8 Å². The van der Waals surface area contributed by atoms with Crippen LogP contribution in [0.4, 0.5) is 0 Å². The van der Waals surface area contributed by atoms with Gasteiger partial charge in [-0.2, -0.15) is 5.10 Å². The van der Waals surface area contributed by atoms with Crippen molar-refractivity contribution in [2.75, 3.05) is 7.05 Å². The lowest BCUT2D eigenvalue weighted by atomic mass is 9.99. The van der Waals surface area contributed by atoms with Gasteiger partial charge in [0.15, 0.2) is 0 Å². The molecule has 0 bridgehead atoms. The Hall–Kier alpha value is -1.68. The van der Waals surface area contributed by atoms with Crippen LogP contribution in [0.1, 0.15) is 48.6 Å². The van der Waals surface area contributed by atoms with E-state index in [4.69, 9.17) is 0 Å². The summed E-state index contributed by atoms with van der Waals surface area (Å²) in [5, 5.41) is 7.80. The molecule has 2 rings (SSSR count). The molecule has 0 spiro atoms. The molecule has 108 valence electrons. The molecule has 0 fully saturated rings. The molecule has 0 aliphatic carbocycles. The van der Waals surface area contributed by atoms with Crippen molar-refractivity contribution in [2.24, 2.45) is 0 Å². The monoisotopic (exact) mass is 272 g/mol. The van der Waals surface area contributed by atoms with Crippen LogP contribution in [0.25, 0.3) is 0 Å². The predicted octanol–water partition coefficient (Wildman–Crippen LogP) is 2.98. The molecule has 1 atom stereocenters. The van der Waals surface area contributed by atoms with Gasteiger partial charge in [-0.1, -0.05) is 38.1 Å². The smallest absolute Gasteiger partial charge is 0.147 e. The molecule has 4 nitrogen and oxygen atoms in total. The Bertz CT molecular complexity index is 554. The molecule has 4 heteroatoms. The maximum absolute atomic E-state index is 4.43. The Balaban J connectivity index is 2.17. The lowest BCUT2D eigenvalue weighted by Crippen LogP contribution is -2.23.